The van der Waals surface area contributed by atoms with Gasteiger partial charge in [-0.1, -0.05) is 6.07 Å². The molecule has 0 fully saturated rings. The van der Waals surface area contributed by atoms with Crippen LogP contribution in [-0.4, -0.2) is 18.2 Å². The topological polar surface area (TPSA) is 83.4 Å². The quantitative estimate of drug-likeness (QED) is 0.655. The van der Waals surface area contributed by atoms with Crippen LogP contribution in [0.5, 0.6) is 11.5 Å². The zero-order valence-electron chi connectivity index (χ0n) is 12.9. The van der Waals surface area contributed by atoms with Gasteiger partial charge in [0.2, 0.25) is 6.79 Å². The van der Waals surface area contributed by atoms with Crippen LogP contribution in [0.1, 0.15) is 26.3 Å². The summed E-state index contributed by atoms with van der Waals surface area (Å²) < 4.78 is 10.5. The molecule has 0 spiro atoms. The molecule has 6 nitrogen and oxygen atoms in total. The van der Waals surface area contributed by atoms with Crippen molar-refractivity contribution in [2.45, 2.75) is 32.9 Å². The van der Waals surface area contributed by atoms with E-state index in [1.54, 1.807) is 0 Å². The lowest BCUT2D eigenvalue weighted by Crippen LogP contribution is -2.41. The van der Waals surface area contributed by atoms with Gasteiger partial charge in [0.25, 0.3) is 5.91 Å². The Balaban J connectivity index is 1.95. The molecule has 0 aliphatic carbocycles. The monoisotopic (exact) mass is 301 g/mol. The predicted molar refractivity (Wildman–Crippen MR) is 81.0 cm³/mol. The van der Waals surface area contributed by atoms with Gasteiger partial charge in [-0.2, -0.15) is 5.26 Å². The number of carbonyl (C=O) groups excluding carboxylic acids is 1. The first-order valence-corrected chi connectivity index (χ1v) is 6.94. The van der Waals surface area contributed by atoms with Gasteiger partial charge in [0.1, 0.15) is 11.6 Å². The smallest absolute Gasteiger partial charge is 0.263 e. The molecule has 6 heteroatoms. The minimum Gasteiger partial charge on any atom is -0.454 e. The maximum absolute atomic E-state index is 11.9. The molecule has 1 heterocycles. The van der Waals surface area contributed by atoms with Crippen LogP contribution in [0.25, 0.3) is 0 Å². The van der Waals surface area contributed by atoms with Gasteiger partial charge in [-0.05, 0) is 38.5 Å². The second-order valence-corrected chi connectivity index (χ2v) is 5.94. The number of hydrogen-bond donors (Lipinski definition) is 2. The van der Waals surface area contributed by atoms with Gasteiger partial charge in [-0.25, -0.2) is 0 Å². The molecule has 1 aromatic carbocycles. The first-order valence-electron chi connectivity index (χ1n) is 6.94. The van der Waals surface area contributed by atoms with Crippen LogP contribution < -0.4 is 20.1 Å². The van der Waals surface area contributed by atoms with Gasteiger partial charge in [0.15, 0.2) is 11.5 Å². The highest BCUT2D eigenvalue weighted by atomic mass is 16.7. The van der Waals surface area contributed by atoms with Gasteiger partial charge in [0.05, 0.1) is 0 Å². The van der Waals surface area contributed by atoms with Crippen molar-refractivity contribution in [3.63, 3.8) is 0 Å². The molecule has 0 aromatic heterocycles. The molecule has 1 aliphatic heterocycles. The molecular formula is C16H19N3O3. The number of rotatable bonds is 4. The zero-order chi connectivity index (χ0) is 16.2. The third-order valence-corrected chi connectivity index (χ3v) is 2.84. The molecule has 0 atom stereocenters. The van der Waals surface area contributed by atoms with E-state index >= 15 is 0 Å². The minimum absolute atomic E-state index is 0.0377. The Morgan fingerprint density at radius 1 is 1.36 bits per heavy atom. The summed E-state index contributed by atoms with van der Waals surface area (Å²) in [5, 5.41) is 14.8. The summed E-state index contributed by atoms with van der Waals surface area (Å²) in [6.45, 7) is 6.29. The summed E-state index contributed by atoms with van der Waals surface area (Å²) in [5.41, 5.74) is 0.620. The summed E-state index contributed by atoms with van der Waals surface area (Å²) in [7, 11) is 0. The molecule has 0 saturated carbocycles. The molecule has 1 aliphatic rings. The summed E-state index contributed by atoms with van der Waals surface area (Å²) in [6, 6.07) is 7.49. The van der Waals surface area contributed by atoms with Crippen LogP contribution in [0.2, 0.25) is 0 Å². The first kappa shape index (κ1) is 15.7. The molecule has 116 valence electrons. The van der Waals surface area contributed by atoms with Gasteiger partial charge < -0.3 is 20.1 Å². The fourth-order valence-electron chi connectivity index (χ4n) is 1.88. The second kappa shape index (κ2) is 6.39. The van der Waals surface area contributed by atoms with Gasteiger partial charge in [-0.15, -0.1) is 0 Å². The number of hydrogen-bond acceptors (Lipinski definition) is 5. The lowest BCUT2D eigenvalue weighted by Gasteiger charge is -2.20. The Labute approximate surface area is 129 Å². The number of carbonyl (C=O) groups is 1. The van der Waals surface area contributed by atoms with Gasteiger partial charge in [-0.3, -0.25) is 4.79 Å². The summed E-state index contributed by atoms with van der Waals surface area (Å²) in [4.78, 5) is 11.9. The molecule has 0 radical (unpaired) electrons. The SMILES string of the molecule is CC(C)(C)NC(=O)/C(C#N)=C\NCc1ccc2c(c1)OCO2. The lowest BCUT2D eigenvalue weighted by atomic mass is 10.1. The molecule has 0 bridgehead atoms. The number of nitrogens with one attached hydrogen (secondary N) is 2. The molecule has 1 aromatic rings. The highest BCUT2D eigenvalue weighted by Crippen LogP contribution is 2.32. The number of ether oxygens (including phenoxy) is 2. The van der Waals surface area contributed by atoms with E-state index in [4.69, 9.17) is 14.7 Å². The van der Waals surface area contributed by atoms with Crippen molar-refractivity contribution in [1.82, 2.24) is 10.6 Å². The standard InChI is InChI=1S/C16H19N3O3/c1-16(2,3)19-15(20)12(7-17)9-18-8-11-4-5-13-14(6-11)22-10-21-13/h4-6,9,18H,8,10H2,1-3H3,(H,19,20)/b12-9-. The molecule has 0 unspecified atom stereocenters. The molecule has 22 heavy (non-hydrogen) atoms. The van der Waals surface area contributed by atoms with E-state index in [2.05, 4.69) is 10.6 Å². The van der Waals surface area contributed by atoms with Crippen molar-refractivity contribution in [1.29, 1.82) is 5.26 Å². The van der Waals surface area contributed by atoms with Crippen molar-refractivity contribution in [2.75, 3.05) is 6.79 Å². The Hall–Kier alpha value is -2.68. The summed E-state index contributed by atoms with van der Waals surface area (Å²) in [5.74, 6) is 1.03. The molecule has 2 N–H and O–H groups in total. The Kier molecular flexibility index (Phi) is 4.56. The van der Waals surface area contributed by atoms with Crippen molar-refractivity contribution in [2.24, 2.45) is 0 Å². The number of benzene rings is 1. The van der Waals surface area contributed by atoms with E-state index in [9.17, 15) is 4.79 Å². The Bertz CT molecular complexity index is 639. The third-order valence-electron chi connectivity index (χ3n) is 2.84. The maximum Gasteiger partial charge on any atom is 0.263 e. The van der Waals surface area contributed by atoms with E-state index in [1.807, 2.05) is 45.0 Å². The Morgan fingerprint density at radius 3 is 2.77 bits per heavy atom. The molecule has 1 amide bonds. The van der Waals surface area contributed by atoms with Crippen molar-refractivity contribution >= 4 is 5.91 Å². The summed E-state index contributed by atoms with van der Waals surface area (Å²) in [6.07, 6.45) is 1.42. The number of nitrogens with zero attached hydrogens (tertiary/aromatic N) is 1. The number of fused-ring (bicyclic) bond motifs is 1. The molecule has 2 rings (SSSR count). The summed E-state index contributed by atoms with van der Waals surface area (Å²) >= 11 is 0. The number of nitriles is 1. The van der Waals surface area contributed by atoms with E-state index in [0.717, 1.165) is 11.3 Å². The van der Waals surface area contributed by atoms with Crippen molar-refractivity contribution in [3.05, 3.63) is 35.5 Å². The fraction of sp³-hybridized carbons (Fsp3) is 0.375. The van der Waals surface area contributed by atoms with Crippen LogP contribution in [-0.2, 0) is 11.3 Å². The van der Waals surface area contributed by atoms with Gasteiger partial charge >= 0.3 is 0 Å². The average molecular weight is 301 g/mol. The molecular weight excluding hydrogens is 282 g/mol. The highest BCUT2D eigenvalue weighted by molar-refractivity contribution is 5.97. The Morgan fingerprint density at radius 2 is 2.09 bits per heavy atom. The van der Waals surface area contributed by atoms with E-state index < -0.39 is 5.91 Å². The van der Waals surface area contributed by atoms with Crippen LogP contribution >= 0.6 is 0 Å². The number of amides is 1. The van der Waals surface area contributed by atoms with Gasteiger partial charge in [0, 0.05) is 18.3 Å². The third kappa shape index (κ3) is 4.16. The highest BCUT2D eigenvalue weighted by Gasteiger charge is 2.17. The van der Waals surface area contributed by atoms with Crippen LogP contribution in [0, 0.1) is 11.3 Å². The van der Waals surface area contributed by atoms with E-state index in [0.29, 0.717) is 12.3 Å². The lowest BCUT2D eigenvalue weighted by molar-refractivity contribution is -0.118. The predicted octanol–water partition coefficient (Wildman–Crippen LogP) is 1.83. The average Bonchev–Trinajstić information content (AvgIpc) is 2.89. The maximum atomic E-state index is 11.9. The van der Waals surface area contributed by atoms with Crippen LogP contribution in [0.15, 0.2) is 30.0 Å². The van der Waals surface area contributed by atoms with E-state index in [-0.39, 0.29) is 17.9 Å². The van der Waals surface area contributed by atoms with Crippen molar-refractivity contribution in [3.8, 4) is 17.6 Å². The zero-order valence-corrected chi connectivity index (χ0v) is 12.9. The second-order valence-electron chi connectivity index (χ2n) is 5.94. The minimum atomic E-state index is -0.395. The fourth-order valence-corrected chi connectivity index (χ4v) is 1.88. The normalized spacial score (nSPS) is 13.5. The van der Waals surface area contributed by atoms with Crippen LogP contribution in [0.4, 0.5) is 0 Å². The first-order chi connectivity index (χ1) is 10.4. The van der Waals surface area contributed by atoms with E-state index in [1.165, 1.54) is 6.20 Å². The van der Waals surface area contributed by atoms with Crippen LogP contribution in [0.3, 0.4) is 0 Å². The largest absolute Gasteiger partial charge is 0.454 e. The molecule has 0 saturated heterocycles. The van der Waals surface area contributed by atoms with Crippen molar-refractivity contribution < 1.29 is 14.3 Å².